The van der Waals surface area contributed by atoms with E-state index in [0.29, 0.717) is 29.4 Å². The maximum Gasteiger partial charge on any atom is 0.251 e. The lowest BCUT2D eigenvalue weighted by Crippen LogP contribution is -2.17. The Morgan fingerprint density at radius 3 is 2.55 bits per heavy atom. The molecule has 0 unspecified atom stereocenters. The molecule has 0 saturated heterocycles. The minimum Gasteiger partial charge on any atom is -0.355 e. The molecule has 0 spiro atoms. The molecule has 0 bridgehead atoms. The Morgan fingerprint density at radius 1 is 1.06 bits per heavy atom. The monoisotopic (exact) mass is 464 g/mol. The van der Waals surface area contributed by atoms with E-state index in [1.165, 1.54) is 0 Å². The van der Waals surface area contributed by atoms with Gasteiger partial charge in [-0.15, -0.1) is 0 Å². The van der Waals surface area contributed by atoms with Crippen LogP contribution in [0.15, 0.2) is 67.0 Å². The summed E-state index contributed by atoms with van der Waals surface area (Å²) in [5, 5.41) is 6.60. The van der Waals surface area contributed by atoms with Crippen LogP contribution in [-0.4, -0.2) is 41.7 Å². The van der Waals surface area contributed by atoms with Gasteiger partial charge in [0, 0.05) is 36.1 Å². The number of hydrogen-bond acceptors (Lipinski definition) is 6. The number of anilines is 3. The topological polar surface area (TPSA) is 118 Å². The van der Waals surface area contributed by atoms with Crippen molar-refractivity contribution in [3.05, 3.63) is 78.1 Å². The number of fused-ring (bicyclic) bond motifs is 1. The molecule has 2 aromatic carbocycles. The van der Waals surface area contributed by atoms with E-state index in [1.54, 1.807) is 56.6 Å². The van der Waals surface area contributed by atoms with Crippen molar-refractivity contribution in [2.45, 2.75) is 13.5 Å². The van der Waals surface area contributed by atoms with Gasteiger partial charge in [-0.2, -0.15) is 4.98 Å². The second-order valence-electron chi connectivity index (χ2n) is 7.36. The number of rotatable bonds is 8. The number of benzene rings is 2. The van der Waals surface area contributed by atoms with Crippen LogP contribution >= 0.6 is 0 Å². The Morgan fingerprint density at radius 2 is 1.82 bits per heavy atom. The van der Waals surface area contributed by atoms with Gasteiger partial charge in [0.1, 0.15) is 5.65 Å². The predicted molar refractivity (Wildman–Crippen MR) is 129 cm³/mol. The van der Waals surface area contributed by atoms with E-state index in [1.807, 2.05) is 29.0 Å². The molecule has 0 fully saturated rings. The minimum absolute atomic E-state index is 0.000134. The number of carbonyl (C=O) groups is 1. The summed E-state index contributed by atoms with van der Waals surface area (Å²) >= 11 is 0. The van der Waals surface area contributed by atoms with E-state index in [-0.39, 0.29) is 11.7 Å². The van der Waals surface area contributed by atoms with Gasteiger partial charge < -0.3 is 15.2 Å². The molecule has 10 heteroatoms. The van der Waals surface area contributed by atoms with Gasteiger partial charge in [-0.3, -0.25) is 9.52 Å². The molecule has 1 amide bonds. The highest BCUT2D eigenvalue weighted by molar-refractivity contribution is 7.92. The molecule has 33 heavy (non-hydrogen) atoms. The van der Waals surface area contributed by atoms with E-state index in [9.17, 15) is 13.2 Å². The molecule has 4 rings (SSSR count). The number of sulfonamides is 1. The van der Waals surface area contributed by atoms with Crippen LogP contribution in [0.4, 0.5) is 17.3 Å². The standard InChI is InChI=1S/C23H24N6O3S/c1-3-33(31,32)28-20-7-5-4-6-18(20)15-29-13-12-17-14-25-23(27-21(17)29)26-19-10-8-16(9-11-19)22(30)24-2/h4-14,28H,3,15H2,1-2H3,(H,24,30)(H,25,26,27). The van der Waals surface area contributed by atoms with Crippen molar-refractivity contribution in [3.63, 3.8) is 0 Å². The number of para-hydroxylation sites is 1. The fraction of sp³-hybridized carbons (Fsp3) is 0.174. The summed E-state index contributed by atoms with van der Waals surface area (Å²) in [6, 6.07) is 16.2. The molecule has 4 aromatic rings. The van der Waals surface area contributed by atoms with Crippen LogP contribution in [0.5, 0.6) is 0 Å². The number of nitrogens with one attached hydrogen (secondary N) is 3. The average molecular weight is 465 g/mol. The second-order valence-corrected chi connectivity index (χ2v) is 9.37. The first kappa shape index (κ1) is 22.3. The van der Waals surface area contributed by atoms with Gasteiger partial charge >= 0.3 is 0 Å². The SMILES string of the molecule is CCS(=O)(=O)Nc1ccccc1Cn1ccc2cnc(Nc3ccc(C(=O)NC)cc3)nc21. The maximum atomic E-state index is 12.1. The van der Waals surface area contributed by atoms with Crippen molar-refractivity contribution in [1.82, 2.24) is 19.9 Å². The van der Waals surface area contributed by atoms with Gasteiger partial charge in [0.25, 0.3) is 5.91 Å². The Bertz CT molecular complexity index is 1400. The Kier molecular flexibility index (Phi) is 6.27. The highest BCUT2D eigenvalue weighted by atomic mass is 32.2. The zero-order chi connectivity index (χ0) is 23.4. The molecular formula is C23H24N6O3S. The van der Waals surface area contributed by atoms with Gasteiger partial charge in [0.15, 0.2) is 0 Å². The molecule has 2 heterocycles. The molecular weight excluding hydrogens is 440 g/mol. The Balaban J connectivity index is 1.59. The smallest absolute Gasteiger partial charge is 0.251 e. The van der Waals surface area contributed by atoms with Crippen LogP contribution in [0.2, 0.25) is 0 Å². The maximum absolute atomic E-state index is 12.1. The van der Waals surface area contributed by atoms with E-state index >= 15 is 0 Å². The Labute approximate surface area is 191 Å². The summed E-state index contributed by atoms with van der Waals surface area (Å²) in [4.78, 5) is 20.7. The molecule has 2 aromatic heterocycles. The van der Waals surface area contributed by atoms with E-state index in [4.69, 9.17) is 0 Å². The largest absolute Gasteiger partial charge is 0.355 e. The highest BCUT2D eigenvalue weighted by Crippen LogP contribution is 2.22. The fourth-order valence-electron chi connectivity index (χ4n) is 3.32. The molecule has 0 aliphatic heterocycles. The molecule has 0 saturated carbocycles. The lowest BCUT2D eigenvalue weighted by atomic mass is 10.2. The van der Waals surface area contributed by atoms with Crippen LogP contribution in [0.3, 0.4) is 0 Å². The third kappa shape index (κ3) is 5.12. The summed E-state index contributed by atoms with van der Waals surface area (Å²) in [7, 11) is -1.80. The summed E-state index contributed by atoms with van der Waals surface area (Å²) in [5.74, 6) is 0.258. The number of hydrogen-bond donors (Lipinski definition) is 3. The third-order valence-corrected chi connectivity index (χ3v) is 6.43. The third-order valence-electron chi connectivity index (χ3n) is 5.14. The highest BCUT2D eigenvalue weighted by Gasteiger charge is 2.12. The zero-order valence-corrected chi connectivity index (χ0v) is 19.1. The normalized spacial score (nSPS) is 11.3. The summed E-state index contributed by atoms with van der Waals surface area (Å²) < 4.78 is 28.7. The summed E-state index contributed by atoms with van der Waals surface area (Å²) in [6.07, 6.45) is 3.62. The van der Waals surface area contributed by atoms with E-state index in [0.717, 1.165) is 16.6 Å². The van der Waals surface area contributed by atoms with E-state index < -0.39 is 10.0 Å². The number of amides is 1. The molecule has 0 aliphatic rings. The molecule has 3 N–H and O–H groups in total. The Hall–Kier alpha value is -3.92. The van der Waals surface area contributed by atoms with Crippen molar-refractivity contribution in [2.75, 3.05) is 22.8 Å². The molecule has 9 nitrogen and oxygen atoms in total. The molecule has 0 radical (unpaired) electrons. The zero-order valence-electron chi connectivity index (χ0n) is 18.2. The van der Waals surface area contributed by atoms with Crippen molar-refractivity contribution < 1.29 is 13.2 Å². The first-order valence-electron chi connectivity index (χ1n) is 10.4. The van der Waals surface area contributed by atoms with Crippen molar-refractivity contribution in [3.8, 4) is 0 Å². The fourth-order valence-corrected chi connectivity index (χ4v) is 4.00. The van der Waals surface area contributed by atoms with Gasteiger partial charge in [0.05, 0.1) is 18.0 Å². The van der Waals surface area contributed by atoms with Gasteiger partial charge in [0.2, 0.25) is 16.0 Å². The van der Waals surface area contributed by atoms with Crippen molar-refractivity contribution in [2.24, 2.45) is 0 Å². The summed E-state index contributed by atoms with van der Waals surface area (Å²) in [6.45, 7) is 2.03. The van der Waals surface area contributed by atoms with Crippen LogP contribution in [-0.2, 0) is 16.6 Å². The predicted octanol–water partition coefficient (Wildman–Crippen LogP) is 3.34. The lowest BCUT2D eigenvalue weighted by Gasteiger charge is -2.13. The van der Waals surface area contributed by atoms with Crippen molar-refractivity contribution in [1.29, 1.82) is 0 Å². The number of carbonyl (C=O) groups excluding carboxylic acids is 1. The molecule has 0 aliphatic carbocycles. The number of aromatic nitrogens is 3. The first-order chi connectivity index (χ1) is 15.9. The van der Waals surface area contributed by atoms with Crippen molar-refractivity contribution >= 4 is 44.3 Å². The quantitative estimate of drug-likeness (QED) is 0.368. The average Bonchev–Trinajstić information content (AvgIpc) is 3.22. The lowest BCUT2D eigenvalue weighted by molar-refractivity contribution is 0.0963. The summed E-state index contributed by atoms with van der Waals surface area (Å²) in [5.41, 5.74) is 3.39. The van der Waals surface area contributed by atoms with Crippen LogP contribution in [0.1, 0.15) is 22.8 Å². The van der Waals surface area contributed by atoms with Crippen LogP contribution in [0.25, 0.3) is 11.0 Å². The number of nitrogens with zero attached hydrogens (tertiary/aromatic N) is 3. The van der Waals surface area contributed by atoms with Crippen LogP contribution < -0.4 is 15.4 Å². The molecule has 170 valence electrons. The van der Waals surface area contributed by atoms with Gasteiger partial charge in [-0.1, -0.05) is 18.2 Å². The van der Waals surface area contributed by atoms with Gasteiger partial charge in [-0.05, 0) is 48.9 Å². The molecule has 0 atom stereocenters. The minimum atomic E-state index is -3.39. The van der Waals surface area contributed by atoms with E-state index in [2.05, 4.69) is 25.3 Å². The first-order valence-corrected chi connectivity index (χ1v) is 12.0. The van der Waals surface area contributed by atoms with Crippen LogP contribution in [0, 0.1) is 0 Å². The van der Waals surface area contributed by atoms with Gasteiger partial charge in [-0.25, -0.2) is 13.4 Å². The second kappa shape index (κ2) is 9.29.